The van der Waals surface area contributed by atoms with Crippen LogP contribution in [0.4, 0.5) is 4.39 Å². The normalized spacial score (nSPS) is 11.2. The highest BCUT2D eigenvalue weighted by molar-refractivity contribution is 5.63. The fourth-order valence-corrected chi connectivity index (χ4v) is 2.08. The minimum atomic E-state index is -0.234. The van der Waals surface area contributed by atoms with Gasteiger partial charge in [0.1, 0.15) is 5.82 Å². The quantitative estimate of drug-likeness (QED) is 0.902. The topological polar surface area (TPSA) is 43.8 Å². The monoisotopic (exact) mass is 247 g/mol. The zero-order valence-corrected chi connectivity index (χ0v) is 10.7. The van der Waals surface area contributed by atoms with Crippen molar-refractivity contribution < 1.29 is 4.39 Å². The van der Waals surface area contributed by atoms with E-state index in [1.54, 1.807) is 6.07 Å². The molecule has 1 heterocycles. The molecule has 0 fully saturated rings. The molecule has 1 aromatic heterocycles. The molecule has 2 N–H and O–H groups in total. The molecule has 0 unspecified atom stereocenters. The van der Waals surface area contributed by atoms with E-state index < -0.39 is 0 Å². The molecule has 96 valence electrons. The fourth-order valence-electron chi connectivity index (χ4n) is 2.08. The Morgan fingerprint density at radius 1 is 1.39 bits per heavy atom. The van der Waals surface area contributed by atoms with Gasteiger partial charge in [-0.2, -0.15) is 5.10 Å². The Hall–Kier alpha value is -1.68. The minimum Gasteiger partial charge on any atom is -0.330 e. The first-order chi connectivity index (χ1) is 8.63. The van der Waals surface area contributed by atoms with E-state index in [0.717, 1.165) is 23.2 Å². The molecule has 0 aliphatic heterocycles. The molecule has 0 aliphatic carbocycles. The van der Waals surface area contributed by atoms with Gasteiger partial charge in [0.2, 0.25) is 0 Å². The van der Waals surface area contributed by atoms with Crippen LogP contribution in [0.25, 0.3) is 11.3 Å². The summed E-state index contributed by atoms with van der Waals surface area (Å²) in [5.41, 5.74) is 8.50. The van der Waals surface area contributed by atoms with E-state index in [2.05, 4.69) is 18.9 Å². The van der Waals surface area contributed by atoms with Crippen molar-refractivity contribution >= 4 is 0 Å². The van der Waals surface area contributed by atoms with E-state index in [-0.39, 0.29) is 11.9 Å². The van der Waals surface area contributed by atoms with Crippen LogP contribution in [0.3, 0.4) is 0 Å². The van der Waals surface area contributed by atoms with Crippen molar-refractivity contribution in [1.82, 2.24) is 9.78 Å². The van der Waals surface area contributed by atoms with Gasteiger partial charge in [0, 0.05) is 11.6 Å². The van der Waals surface area contributed by atoms with Crippen LogP contribution in [-0.2, 0) is 6.42 Å². The molecule has 3 nitrogen and oxygen atoms in total. The standard InChI is InChI=1S/C14H18FN3/c1-10(2)18-14(12(6-7-16)9-17-18)11-4-3-5-13(15)8-11/h3-5,8-10H,6-7,16H2,1-2H3. The number of benzene rings is 1. The Morgan fingerprint density at radius 2 is 2.17 bits per heavy atom. The maximum Gasteiger partial charge on any atom is 0.123 e. The lowest BCUT2D eigenvalue weighted by atomic mass is 10.1. The summed E-state index contributed by atoms with van der Waals surface area (Å²) in [6, 6.07) is 6.83. The van der Waals surface area contributed by atoms with E-state index in [1.807, 2.05) is 16.9 Å². The van der Waals surface area contributed by atoms with Crippen molar-refractivity contribution in [2.45, 2.75) is 26.3 Å². The summed E-state index contributed by atoms with van der Waals surface area (Å²) >= 11 is 0. The first-order valence-electron chi connectivity index (χ1n) is 6.16. The minimum absolute atomic E-state index is 0.231. The van der Waals surface area contributed by atoms with Crippen LogP contribution in [-0.4, -0.2) is 16.3 Å². The number of hydrogen-bond acceptors (Lipinski definition) is 2. The summed E-state index contributed by atoms with van der Waals surface area (Å²) in [6.07, 6.45) is 2.58. The second-order valence-electron chi connectivity index (χ2n) is 4.61. The summed E-state index contributed by atoms with van der Waals surface area (Å²) in [5.74, 6) is -0.234. The van der Waals surface area contributed by atoms with Crippen LogP contribution in [0.1, 0.15) is 25.5 Å². The van der Waals surface area contributed by atoms with Crippen molar-refractivity contribution in [1.29, 1.82) is 0 Å². The molecule has 0 atom stereocenters. The van der Waals surface area contributed by atoms with Crippen LogP contribution < -0.4 is 5.73 Å². The molecule has 1 aromatic carbocycles. The molecule has 4 heteroatoms. The smallest absolute Gasteiger partial charge is 0.123 e. The molecule has 0 aliphatic rings. The molecule has 0 radical (unpaired) electrons. The Labute approximate surface area is 106 Å². The molecule has 0 bridgehead atoms. The van der Waals surface area contributed by atoms with E-state index in [9.17, 15) is 4.39 Å². The van der Waals surface area contributed by atoms with Crippen molar-refractivity contribution in [3.05, 3.63) is 41.8 Å². The Balaban J connectivity index is 2.55. The van der Waals surface area contributed by atoms with Crippen LogP contribution in [0.15, 0.2) is 30.5 Å². The zero-order valence-electron chi connectivity index (χ0n) is 10.7. The van der Waals surface area contributed by atoms with Gasteiger partial charge in [0.15, 0.2) is 0 Å². The predicted molar refractivity (Wildman–Crippen MR) is 70.8 cm³/mol. The highest BCUT2D eigenvalue weighted by Crippen LogP contribution is 2.27. The SMILES string of the molecule is CC(C)n1ncc(CCN)c1-c1cccc(F)c1. The second-order valence-corrected chi connectivity index (χ2v) is 4.61. The number of nitrogens with two attached hydrogens (primary N) is 1. The first kappa shape index (κ1) is 12.8. The lowest BCUT2D eigenvalue weighted by Crippen LogP contribution is -2.07. The van der Waals surface area contributed by atoms with E-state index in [0.29, 0.717) is 6.54 Å². The molecule has 2 rings (SSSR count). The van der Waals surface area contributed by atoms with Crippen LogP contribution >= 0.6 is 0 Å². The Bertz CT molecular complexity index is 532. The lowest BCUT2D eigenvalue weighted by Gasteiger charge is -2.13. The number of hydrogen-bond donors (Lipinski definition) is 1. The average Bonchev–Trinajstić information content (AvgIpc) is 2.73. The molecule has 2 aromatic rings. The van der Waals surface area contributed by atoms with Gasteiger partial charge in [0.05, 0.1) is 11.9 Å². The van der Waals surface area contributed by atoms with Crippen molar-refractivity contribution in [2.24, 2.45) is 5.73 Å². The molecular formula is C14H18FN3. The zero-order chi connectivity index (χ0) is 13.1. The van der Waals surface area contributed by atoms with Crippen molar-refractivity contribution in [3.63, 3.8) is 0 Å². The summed E-state index contributed by atoms with van der Waals surface area (Å²) in [5, 5.41) is 4.38. The molecule has 0 saturated carbocycles. The largest absolute Gasteiger partial charge is 0.330 e. The Morgan fingerprint density at radius 3 is 2.78 bits per heavy atom. The first-order valence-corrected chi connectivity index (χ1v) is 6.16. The third kappa shape index (κ3) is 2.43. The van der Waals surface area contributed by atoms with Gasteiger partial charge in [-0.15, -0.1) is 0 Å². The molecule has 18 heavy (non-hydrogen) atoms. The van der Waals surface area contributed by atoms with Gasteiger partial charge in [-0.3, -0.25) is 4.68 Å². The Kier molecular flexibility index (Phi) is 3.77. The third-order valence-corrected chi connectivity index (χ3v) is 2.87. The fraction of sp³-hybridized carbons (Fsp3) is 0.357. The maximum atomic E-state index is 13.4. The van der Waals surface area contributed by atoms with E-state index in [4.69, 9.17) is 5.73 Å². The average molecular weight is 247 g/mol. The molecular weight excluding hydrogens is 229 g/mol. The summed E-state index contributed by atoms with van der Waals surface area (Å²) < 4.78 is 15.3. The maximum absolute atomic E-state index is 13.4. The summed E-state index contributed by atoms with van der Waals surface area (Å²) in [7, 11) is 0. The summed E-state index contributed by atoms with van der Waals surface area (Å²) in [4.78, 5) is 0. The van der Waals surface area contributed by atoms with Gasteiger partial charge in [-0.05, 0) is 44.5 Å². The van der Waals surface area contributed by atoms with Gasteiger partial charge < -0.3 is 5.73 Å². The third-order valence-electron chi connectivity index (χ3n) is 2.87. The second kappa shape index (κ2) is 5.31. The predicted octanol–water partition coefficient (Wildman–Crippen LogP) is 2.77. The summed E-state index contributed by atoms with van der Waals surface area (Å²) in [6.45, 7) is 4.68. The highest BCUT2D eigenvalue weighted by Gasteiger charge is 2.14. The number of rotatable bonds is 4. The number of halogens is 1. The van der Waals surface area contributed by atoms with Crippen LogP contribution in [0.5, 0.6) is 0 Å². The number of aromatic nitrogens is 2. The molecule has 0 amide bonds. The van der Waals surface area contributed by atoms with Gasteiger partial charge in [-0.1, -0.05) is 12.1 Å². The van der Waals surface area contributed by atoms with Crippen molar-refractivity contribution in [2.75, 3.05) is 6.54 Å². The highest BCUT2D eigenvalue weighted by atomic mass is 19.1. The molecule has 0 saturated heterocycles. The van der Waals surface area contributed by atoms with E-state index >= 15 is 0 Å². The van der Waals surface area contributed by atoms with Crippen LogP contribution in [0, 0.1) is 5.82 Å². The van der Waals surface area contributed by atoms with Gasteiger partial charge >= 0.3 is 0 Å². The van der Waals surface area contributed by atoms with Crippen LogP contribution in [0.2, 0.25) is 0 Å². The van der Waals surface area contributed by atoms with Gasteiger partial charge in [-0.25, -0.2) is 4.39 Å². The molecule has 0 spiro atoms. The number of nitrogens with zero attached hydrogens (tertiary/aromatic N) is 2. The van der Waals surface area contributed by atoms with Crippen molar-refractivity contribution in [3.8, 4) is 11.3 Å². The lowest BCUT2D eigenvalue weighted by molar-refractivity contribution is 0.538. The van der Waals surface area contributed by atoms with E-state index in [1.165, 1.54) is 12.1 Å². The van der Waals surface area contributed by atoms with Gasteiger partial charge in [0.25, 0.3) is 0 Å².